The molecule has 1 aliphatic rings. The molecule has 0 amide bonds. The SMILES string of the molecule is C[C@H](NC[C@H](O)CP(=O)([O-])CC1CC=CCC1)c1ccc(C(=O)O)cc1.[Li+]. The zero-order chi connectivity index (χ0) is 19.2. The average Bonchev–Trinajstić information content (AvgIpc) is 2.59. The minimum Gasteiger partial charge on any atom is -0.799 e. The van der Waals surface area contributed by atoms with Gasteiger partial charge in [-0.15, -0.1) is 0 Å². The van der Waals surface area contributed by atoms with Crippen molar-refractivity contribution in [2.75, 3.05) is 18.9 Å². The van der Waals surface area contributed by atoms with E-state index in [0.717, 1.165) is 24.8 Å². The van der Waals surface area contributed by atoms with Crippen molar-refractivity contribution in [1.29, 1.82) is 0 Å². The maximum absolute atomic E-state index is 12.3. The summed E-state index contributed by atoms with van der Waals surface area (Å²) in [6.07, 6.45) is 5.69. The zero-order valence-electron chi connectivity index (χ0n) is 16.0. The van der Waals surface area contributed by atoms with Gasteiger partial charge < -0.3 is 25.0 Å². The fraction of sp³-hybridized carbons (Fsp3) is 0.526. The van der Waals surface area contributed by atoms with Crippen LogP contribution in [0.25, 0.3) is 0 Å². The van der Waals surface area contributed by atoms with Gasteiger partial charge in [0.25, 0.3) is 0 Å². The first-order valence-electron chi connectivity index (χ1n) is 8.95. The number of aromatic carboxylic acids is 1. The predicted octanol–water partition coefficient (Wildman–Crippen LogP) is -0.605. The molecule has 3 N–H and O–H groups in total. The first-order chi connectivity index (χ1) is 12.3. The van der Waals surface area contributed by atoms with Crippen LogP contribution in [0.1, 0.15) is 48.1 Å². The van der Waals surface area contributed by atoms with E-state index >= 15 is 0 Å². The van der Waals surface area contributed by atoms with Gasteiger partial charge in [-0.2, -0.15) is 0 Å². The summed E-state index contributed by atoms with van der Waals surface area (Å²) in [4.78, 5) is 23.1. The van der Waals surface area contributed by atoms with Crippen molar-refractivity contribution in [3.05, 3.63) is 47.5 Å². The molecule has 0 aromatic heterocycles. The summed E-state index contributed by atoms with van der Waals surface area (Å²) in [6.45, 7) is 2.05. The van der Waals surface area contributed by atoms with E-state index in [4.69, 9.17) is 5.11 Å². The van der Waals surface area contributed by atoms with Crippen LogP contribution in [0, 0.1) is 5.92 Å². The summed E-state index contributed by atoms with van der Waals surface area (Å²) in [5.41, 5.74) is 1.09. The summed E-state index contributed by atoms with van der Waals surface area (Å²) < 4.78 is 12.3. The Balaban J connectivity index is 0.00000364. The molecule has 144 valence electrons. The maximum Gasteiger partial charge on any atom is 1.00 e. The van der Waals surface area contributed by atoms with Gasteiger partial charge in [-0.05, 0) is 56.0 Å². The molecule has 4 atom stereocenters. The Morgan fingerprint density at radius 2 is 2.00 bits per heavy atom. The number of hydrogen-bond donors (Lipinski definition) is 3. The molecular formula is C19H27LiNO5P. The number of carboxylic acid groups (broad SMARTS) is 1. The van der Waals surface area contributed by atoms with Gasteiger partial charge in [-0.3, -0.25) is 0 Å². The van der Waals surface area contributed by atoms with E-state index in [2.05, 4.69) is 11.4 Å². The van der Waals surface area contributed by atoms with Crippen LogP contribution in [0.15, 0.2) is 36.4 Å². The Labute approximate surface area is 172 Å². The van der Waals surface area contributed by atoms with Crippen LogP contribution >= 0.6 is 7.37 Å². The molecule has 0 aliphatic heterocycles. The molecule has 1 aliphatic carbocycles. The number of benzene rings is 1. The zero-order valence-corrected chi connectivity index (χ0v) is 16.9. The van der Waals surface area contributed by atoms with Crippen LogP contribution < -0.4 is 29.1 Å². The Hall–Kier alpha value is -0.863. The molecule has 2 unspecified atom stereocenters. The van der Waals surface area contributed by atoms with Crippen molar-refractivity contribution in [2.45, 2.75) is 38.3 Å². The number of hydrogen-bond acceptors (Lipinski definition) is 5. The Bertz CT molecular complexity index is 679. The van der Waals surface area contributed by atoms with Crippen LogP contribution in [0.5, 0.6) is 0 Å². The summed E-state index contributed by atoms with van der Waals surface area (Å²) >= 11 is 0. The second-order valence-electron chi connectivity index (χ2n) is 7.04. The minimum absolute atomic E-state index is 0. The van der Waals surface area contributed by atoms with E-state index < -0.39 is 19.4 Å². The minimum atomic E-state index is -3.61. The number of aliphatic hydroxyl groups excluding tert-OH is 1. The van der Waals surface area contributed by atoms with E-state index in [-0.39, 0.29) is 55.3 Å². The molecule has 27 heavy (non-hydrogen) atoms. The van der Waals surface area contributed by atoms with Gasteiger partial charge in [0.15, 0.2) is 0 Å². The third-order valence-electron chi connectivity index (χ3n) is 4.72. The molecule has 0 spiro atoms. The standard InChI is InChI=1S/C19H28NO5P.Li/c1-14(16-7-9-17(10-8-16)19(22)23)20-11-18(21)13-26(24,25)12-15-5-3-2-4-6-15;/h2-3,7-10,14-15,18,20-21H,4-6,11-13H2,1H3,(H,22,23)(H,24,25);/q;+1/p-1/t14-,15?,18-;/m0./s1. The normalized spacial score (nSPS) is 20.9. The number of rotatable bonds is 9. The number of allylic oxidation sites excluding steroid dienone is 2. The van der Waals surface area contributed by atoms with Gasteiger partial charge in [0, 0.05) is 26.1 Å². The van der Waals surface area contributed by atoms with E-state index in [1.54, 1.807) is 12.1 Å². The molecular weight excluding hydrogens is 360 g/mol. The molecule has 0 heterocycles. The average molecular weight is 387 g/mol. The fourth-order valence-electron chi connectivity index (χ4n) is 3.22. The van der Waals surface area contributed by atoms with Crippen molar-refractivity contribution < 1.29 is 43.3 Å². The van der Waals surface area contributed by atoms with E-state index in [9.17, 15) is 19.4 Å². The quantitative estimate of drug-likeness (QED) is 0.296. The Morgan fingerprint density at radius 1 is 1.33 bits per heavy atom. The second-order valence-corrected chi connectivity index (χ2v) is 9.40. The molecule has 0 saturated carbocycles. The van der Waals surface area contributed by atoms with Gasteiger partial charge in [0.05, 0.1) is 11.7 Å². The molecule has 0 fully saturated rings. The predicted molar refractivity (Wildman–Crippen MR) is 99.6 cm³/mol. The molecule has 0 radical (unpaired) electrons. The van der Waals surface area contributed by atoms with Crippen molar-refractivity contribution >= 4 is 13.3 Å². The van der Waals surface area contributed by atoms with E-state index in [1.165, 1.54) is 12.1 Å². The second kappa shape index (κ2) is 11.2. The van der Waals surface area contributed by atoms with Crippen LogP contribution in [0.4, 0.5) is 0 Å². The summed E-state index contributed by atoms with van der Waals surface area (Å²) in [6, 6.07) is 6.35. The van der Waals surface area contributed by atoms with E-state index in [1.807, 2.05) is 13.0 Å². The van der Waals surface area contributed by atoms with Gasteiger partial charge >= 0.3 is 24.8 Å². The van der Waals surface area contributed by atoms with Gasteiger partial charge in [-0.1, -0.05) is 24.3 Å². The number of aliphatic hydroxyl groups is 1. The van der Waals surface area contributed by atoms with Crippen LogP contribution in [-0.2, 0) is 4.57 Å². The molecule has 1 aromatic carbocycles. The largest absolute Gasteiger partial charge is 1.00 e. The van der Waals surface area contributed by atoms with Crippen LogP contribution in [-0.4, -0.2) is 41.2 Å². The van der Waals surface area contributed by atoms with Crippen molar-refractivity contribution in [1.82, 2.24) is 5.32 Å². The van der Waals surface area contributed by atoms with Crippen molar-refractivity contribution in [2.24, 2.45) is 5.92 Å². The van der Waals surface area contributed by atoms with Gasteiger partial charge in [-0.25, -0.2) is 4.79 Å². The molecule has 2 rings (SSSR count). The fourth-order valence-corrected chi connectivity index (χ4v) is 5.26. The molecule has 6 nitrogen and oxygen atoms in total. The van der Waals surface area contributed by atoms with Gasteiger partial charge in [0.1, 0.15) is 0 Å². The summed E-state index contributed by atoms with van der Waals surface area (Å²) in [5.74, 6) is -0.817. The first-order valence-corrected chi connectivity index (χ1v) is 10.9. The third kappa shape index (κ3) is 8.35. The number of carbonyl (C=O) groups is 1. The smallest absolute Gasteiger partial charge is 0.799 e. The van der Waals surface area contributed by atoms with Crippen LogP contribution in [0.2, 0.25) is 0 Å². The summed E-state index contributed by atoms with van der Waals surface area (Å²) in [7, 11) is -3.61. The molecule has 0 saturated heterocycles. The Kier molecular flexibility index (Phi) is 10.0. The van der Waals surface area contributed by atoms with E-state index in [0.29, 0.717) is 0 Å². The summed E-state index contributed by atoms with van der Waals surface area (Å²) in [5, 5.41) is 22.1. The molecule has 8 heteroatoms. The first kappa shape index (κ1) is 24.2. The van der Waals surface area contributed by atoms with Crippen LogP contribution in [0.3, 0.4) is 0 Å². The maximum atomic E-state index is 12.3. The van der Waals surface area contributed by atoms with Crippen molar-refractivity contribution in [3.63, 3.8) is 0 Å². The van der Waals surface area contributed by atoms with Crippen molar-refractivity contribution in [3.8, 4) is 0 Å². The number of carboxylic acids is 1. The Morgan fingerprint density at radius 3 is 2.56 bits per heavy atom. The molecule has 1 aromatic rings. The monoisotopic (exact) mass is 387 g/mol. The number of nitrogens with one attached hydrogen (secondary N) is 1. The molecule has 0 bridgehead atoms. The third-order valence-corrected chi connectivity index (χ3v) is 6.77. The topological polar surface area (TPSA) is 110 Å². The van der Waals surface area contributed by atoms with Gasteiger partial charge in [0.2, 0.25) is 0 Å².